The van der Waals surface area contributed by atoms with Crippen molar-refractivity contribution in [3.8, 4) is 0 Å². The molecule has 0 nitrogen and oxygen atoms in total. The highest BCUT2D eigenvalue weighted by Gasteiger charge is 2.37. The van der Waals surface area contributed by atoms with Gasteiger partial charge in [0.25, 0.3) is 0 Å². The Kier molecular flexibility index (Phi) is 4.94. The molecule has 17 heavy (non-hydrogen) atoms. The molecule has 2 aliphatic carbocycles. The molecule has 0 spiro atoms. The highest BCUT2D eigenvalue weighted by molar-refractivity contribution is 4.87. The summed E-state index contributed by atoms with van der Waals surface area (Å²) in [4.78, 5) is 0. The molecular formula is C17H32. The highest BCUT2D eigenvalue weighted by Crippen LogP contribution is 2.47. The van der Waals surface area contributed by atoms with Gasteiger partial charge in [-0.05, 0) is 36.0 Å². The van der Waals surface area contributed by atoms with Crippen LogP contribution < -0.4 is 0 Å². The maximum Gasteiger partial charge on any atom is -0.0334 e. The molecule has 0 aliphatic heterocycles. The van der Waals surface area contributed by atoms with Gasteiger partial charge in [0.1, 0.15) is 0 Å². The summed E-state index contributed by atoms with van der Waals surface area (Å²) in [6.45, 7) is 7.41. The van der Waals surface area contributed by atoms with E-state index in [0.29, 0.717) is 0 Å². The molecule has 100 valence electrons. The van der Waals surface area contributed by atoms with E-state index >= 15 is 0 Å². The average molecular weight is 236 g/mol. The Morgan fingerprint density at radius 1 is 0.941 bits per heavy atom. The van der Waals surface area contributed by atoms with Crippen molar-refractivity contribution < 1.29 is 0 Å². The van der Waals surface area contributed by atoms with Crippen LogP contribution in [-0.2, 0) is 0 Å². The number of hydrogen-bond acceptors (Lipinski definition) is 0. The fraction of sp³-hybridized carbons (Fsp3) is 1.00. The fourth-order valence-corrected chi connectivity index (χ4v) is 4.84. The van der Waals surface area contributed by atoms with Crippen molar-refractivity contribution in [2.45, 2.75) is 78.6 Å². The molecule has 0 N–H and O–H groups in total. The van der Waals surface area contributed by atoms with Crippen molar-refractivity contribution in [3.63, 3.8) is 0 Å². The zero-order valence-corrected chi connectivity index (χ0v) is 12.3. The molecule has 2 aliphatic rings. The van der Waals surface area contributed by atoms with E-state index in [1.807, 2.05) is 0 Å². The number of rotatable bonds is 3. The largest absolute Gasteiger partial charge is 0.0654 e. The highest BCUT2D eigenvalue weighted by atomic mass is 14.4. The molecule has 2 rings (SSSR count). The normalized spacial score (nSPS) is 42.9. The Morgan fingerprint density at radius 2 is 1.71 bits per heavy atom. The van der Waals surface area contributed by atoms with Crippen LogP contribution in [0.5, 0.6) is 0 Å². The van der Waals surface area contributed by atoms with Crippen LogP contribution in [0.4, 0.5) is 0 Å². The van der Waals surface area contributed by atoms with Gasteiger partial charge in [0, 0.05) is 0 Å². The molecular weight excluding hydrogens is 204 g/mol. The quantitative estimate of drug-likeness (QED) is 0.592. The fourth-order valence-electron chi connectivity index (χ4n) is 4.84. The third kappa shape index (κ3) is 3.26. The van der Waals surface area contributed by atoms with Crippen LogP contribution in [0.3, 0.4) is 0 Å². The first kappa shape index (κ1) is 13.4. The molecule has 0 radical (unpaired) electrons. The number of fused-ring (bicyclic) bond motifs is 1. The predicted octanol–water partition coefficient (Wildman–Crippen LogP) is 5.67. The van der Waals surface area contributed by atoms with E-state index < -0.39 is 0 Å². The third-order valence-corrected chi connectivity index (χ3v) is 5.73. The first-order valence-electron chi connectivity index (χ1n) is 8.22. The first-order chi connectivity index (χ1) is 8.22. The minimum atomic E-state index is 1.00. The van der Waals surface area contributed by atoms with Crippen LogP contribution in [-0.4, -0.2) is 0 Å². The predicted molar refractivity (Wildman–Crippen MR) is 76.0 cm³/mol. The SMILES string of the molecule is CCCCC1CCC(C)C2C(CCC[C@@H]2C)C1. The Labute approximate surface area is 109 Å². The van der Waals surface area contributed by atoms with E-state index in [4.69, 9.17) is 0 Å². The van der Waals surface area contributed by atoms with Gasteiger partial charge in [-0.25, -0.2) is 0 Å². The average Bonchev–Trinajstić information content (AvgIpc) is 2.47. The molecule has 5 atom stereocenters. The van der Waals surface area contributed by atoms with Crippen molar-refractivity contribution in [2.75, 3.05) is 0 Å². The third-order valence-electron chi connectivity index (χ3n) is 5.73. The maximum atomic E-state index is 2.54. The van der Waals surface area contributed by atoms with Crippen molar-refractivity contribution in [2.24, 2.45) is 29.6 Å². The summed E-state index contributed by atoms with van der Waals surface area (Å²) >= 11 is 0. The second kappa shape index (κ2) is 6.25. The summed E-state index contributed by atoms with van der Waals surface area (Å²) in [6.07, 6.45) is 13.5. The lowest BCUT2D eigenvalue weighted by Crippen LogP contribution is -2.30. The molecule has 0 aromatic heterocycles. The van der Waals surface area contributed by atoms with Crippen LogP contribution in [0.15, 0.2) is 0 Å². The van der Waals surface area contributed by atoms with Gasteiger partial charge in [-0.3, -0.25) is 0 Å². The number of hydrogen-bond donors (Lipinski definition) is 0. The summed E-state index contributed by atoms with van der Waals surface area (Å²) in [6, 6.07) is 0. The van der Waals surface area contributed by atoms with Crippen molar-refractivity contribution in [3.05, 3.63) is 0 Å². The van der Waals surface area contributed by atoms with Crippen molar-refractivity contribution in [1.82, 2.24) is 0 Å². The summed E-state index contributed by atoms with van der Waals surface area (Å²) in [5.74, 6) is 5.22. The van der Waals surface area contributed by atoms with E-state index in [1.54, 1.807) is 12.8 Å². The van der Waals surface area contributed by atoms with Crippen LogP contribution >= 0.6 is 0 Å². The van der Waals surface area contributed by atoms with Gasteiger partial charge in [0.05, 0.1) is 0 Å². The summed E-state index contributed by atoms with van der Waals surface area (Å²) in [7, 11) is 0. The van der Waals surface area contributed by atoms with Gasteiger partial charge in [0.2, 0.25) is 0 Å². The van der Waals surface area contributed by atoms with Gasteiger partial charge in [-0.15, -0.1) is 0 Å². The lowest BCUT2D eigenvalue weighted by Gasteiger charge is -2.39. The second-order valence-corrected chi connectivity index (χ2v) is 7.04. The Balaban J connectivity index is 1.98. The zero-order valence-electron chi connectivity index (χ0n) is 12.3. The van der Waals surface area contributed by atoms with Gasteiger partial charge in [0.15, 0.2) is 0 Å². The monoisotopic (exact) mass is 236 g/mol. The molecule has 0 saturated heterocycles. The van der Waals surface area contributed by atoms with Crippen molar-refractivity contribution >= 4 is 0 Å². The van der Waals surface area contributed by atoms with E-state index in [9.17, 15) is 0 Å². The summed E-state index contributed by atoms with van der Waals surface area (Å²) < 4.78 is 0. The molecule has 0 amide bonds. The van der Waals surface area contributed by atoms with Gasteiger partial charge >= 0.3 is 0 Å². The lowest BCUT2D eigenvalue weighted by molar-refractivity contribution is 0.106. The Morgan fingerprint density at radius 3 is 2.47 bits per heavy atom. The Hall–Kier alpha value is 0. The van der Waals surface area contributed by atoms with E-state index in [1.165, 1.54) is 44.9 Å². The van der Waals surface area contributed by atoms with Crippen LogP contribution in [0.25, 0.3) is 0 Å². The zero-order chi connectivity index (χ0) is 12.3. The molecule has 2 fully saturated rings. The van der Waals surface area contributed by atoms with Crippen LogP contribution in [0.2, 0.25) is 0 Å². The molecule has 0 heteroatoms. The van der Waals surface area contributed by atoms with Crippen molar-refractivity contribution in [1.29, 1.82) is 0 Å². The van der Waals surface area contributed by atoms with Gasteiger partial charge in [-0.1, -0.05) is 72.1 Å². The standard InChI is InChI=1S/C17H32/c1-4-5-8-15-11-10-14(3)17-13(2)7-6-9-16(17)12-15/h13-17H,4-12H2,1-3H3/t13-,14?,15?,16?,17?/m0/s1. The molecule has 0 aromatic carbocycles. The Bertz CT molecular complexity index is 220. The summed E-state index contributed by atoms with van der Waals surface area (Å²) in [5.41, 5.74) is 0. The van der Waals surface area contributed by atoms with Gasteiger partial charge in [-0.2, -0.15) is 0 Å². The smallest absolute Gasteiger partial charge is 0.0334 e. The van der Waals surface area contributed by atoms with E-state index in [0.717, 1.165) is 29.6 Å². The van der Waals surface area contributed by atoms with E-state index in [2.05, 4.69) is 20.8 Å². The molecule has 0 aromatic rings. The van der Waals surface area contributed by atoms with Gasteiger partial charge < -0.3 is 0 Å². The van der Waals surface area contributed by atoms with Crippen LogP contribution in [0.1, 0.15) is 78.6 Å². The lowest BCUT2D eigenvalue weighted by atomic mass is 9.66. The maximum absolute atomic E-state index is 2.54. The van der Waals surface area contributed by atoms with Crippen LogP contribution in [0, 0.1) is 29.6 Å². The molecule has 2 saturated carbocycles. The summed E-state index contributed by atoms with van der Waals surface area (Å²) in [5, 5.41) is 0. The molecule has 0 heterocycles. The minimum absolute atomic E-state index is 1.00. The topological polar surface area (TPSA) is 0 Å². The second-order valence-electron chi connectivity index (χ2n) is 7.04. The first-order valence-corrected chi connectivity index (χ1v) is 8.22. The molecule has 0 bridgehead atoms. The number of unbranched alkanes of at least 4 members (excludes halogenated alkanes) is 1. The molecule has 4 unspecified atom stereocenters. The van der Waals surface area contributed by atoms with E-state index in [-0.39, 0.29) is 0 Å². The minimum Gasteiger partial charge on any atom is -0.0654 e.